The van der Waals surface area contributed by atoms with Crippen molar-refractivity contribution in [2.75, 3.05) is 0 Å². The van der Waals surface area contributed by atoms with Gasteiger partial charge in [0.25, 0.3) is 0 Å². The fraction of sp³-hybridized carbons (Fsp3) is 0.211. The Hall–Kier alpha value is -1.99. The summed E-state index contributed by atoms with van der Waals surface area (Å²) in [5, 5.41) is 8.80. The molecule has 2 aromatic carbocycles. The van der Waals surface area contributed by atoms with Crippen LogP contribution in [0.25, 0.3) is 0 Å². The van der Waals surface area contributed by atoms with E-state index >= 15 is 0 Å². The Kier molecular flexibility index (Phi) is 6.21. The highest BCUT2D eigenvalue weighted by molar-refractivity contribution is 9.10. The average Bonchev–Trinajstić information content (AvgIpc) is 2.94. The summed E-state index contributed by atoms with van der Waals surface area (Å²) in [4.78, 5) is 14.2. The minimum Gasteiger partial charge on any atom is -0.284 e. The standard InChI is InChI=1S/C19H17BrFN3OS/c1-2-17-18(25)24(12-14-5-9-16(21)10-6-14)19(26-17)23-22-11-13-3-7-15(20)8-4-13/h3-11,17H,2,12H2,1H3/b22-11-,23-19+/t17-/m1/s1. The maximum atomic E-state index is 13.1. The fourth-order valence-corrected chi connectivity index (χ4v) is 3.75. The fourth-order valence-electron chi connectivity index (χ4n) is 2.46. The van der Waals surface area contributed by atoms with Gasteiger partial charge in [-0.2, -0.15) is 5.10 Å². The third-order valence-electron chi connectivity index (χ3n) is 3.86. The van der Waals surface area contributed by atoms with Crippen molar-refractivity contribution in [3.63, 3.8) is 0 Å². The summed E-state index contributed by atoms with van der Waals surface area (Å²) in [7, 11) is 0. The molecule has 1 aliphatic rings. The van der Waals surface area contributed by atoms with Crippen molar-refractivity contribution in [1.29, 1.82) is 0 Å². The summed E-state index contributed by atoms with van der Waals surface area (Å²) in [5.41, 5.74) is 1.77. The highest BCUT2D eigenvalue weighted by Crippen LogP contribution is 2.30. The number of amidine groups is 1. The number of hydrogen-bond acceptors (Lipinski definition) is 4. The van der Waals surface area contributed by atoms with Crippen molar-refractivity contribution in [2.45, 2.75) is 25.1 Å². The van der Waals surface area contributed by atoms with E-state index in [1.54, 1.807) is 23.2 Å². The minimum atomic E-state index is -0.296. The lowest BCUT2D eigenvalue weighted by molar-refractivity contribution is -0.126. The van der Waals surface area contributed by atoms with Crippen LogP contribution in [0.15, 0.2) is 63.2 Å². The number of amides is 1. The van der Waals surface area contributed by atoms with Gasteiger partial charge in [-0.25, -0.2) is 4.39 Å². The van der Waals surface area contributed by atoms with Crippen LogP contribution in [0.3, 0.4) is 0 Å². The molecule has 134 valence electrons. The first kappa shape index (κ1) is 18.8. The van der Waals surface area contributed by atoms with E-state index in [-0.39, 0.29) is 17.0 Å². The molecule has 0 aliphatic carbocycles. The van der Waals surface area contributed by atoms with E-state index in [9.17, 15) is 9.18 Å². The van der Waals surface area contributed by atoms with Crippen LogP contribution < -0.4 is 0 Å². The lowest BCUT2D eigenvalue weighted by Gasteiger charge is -2.15. The van der Waals surface area contributed by atoms with Gasteiger partial charge in [-0.1, -0.05) is 58.9 Å². The predicted octanol–water partition coefficient (Wildman–Crippen LogP) is 4.83. The van der Waals surface area contributed by atoms with Crippen molar-refractivity contribution in [1.82, 2.24) is 4.90 Å². The lowest BCUT2D eigenvalue weighted by atomic mass is 10.2. The third-order valence-corrected chi connectivity index (χ3v) is 5.73. The molecule has 1 fully saturated rings. The Balaban J connectivity index is 1.78. The Morgan fingerprint density at radius 3 is 2.54 bits per heavy atom. The van der Waals surface area contributed by atoms with Gasteiger partial charge in [-0.05, 0) is 41.8 Å². The van der Waals surface area contributed by atoms with Gasteiger partial charge in [0.1, 0.15) is 5.82 Å². The van der Waals surface area contributed by atoms with Crippen molar-refractivity contribution < 1.29 is 9.18 Å². The third kappa shape index (κ3) is 4.59. The molecule has 0 radical (unpaired) electrons. The Bertz CT molecular complexity index is 837. The smallest absolute Gasteiger partial charge is 0.242 e. The molecule has 0 unspecified atom stereocenters. The van der Waals surface area contributed by atoms with E-state index in [2.05, 4.69) is 26.1 Å². The van der Waals surface area contributed by atoms with Gasteiger partial charge in [0.15, 0.2) is 5.17 Å². The maximum absolute atomic E-state index is 13.1. The Labute approximate surface area is 164 Å². The molecule has 1 aliphatic heterocycles. The van der Waals surface area contributed by atoms with Crippen molar-refractivity contribution in [3.8, 4) is 0 Å². The molecular formula is C19H17BrFN3OS. The SMILES string of the molecule is CC[C@H]1S/C(=N/N=C\c2ccc(Br)cc2)N(Cc2ccc(F)cc2)C1=O. The second-order valence-electron chi connectivity index (χ2n) is 5.74. The monoisotopic (exact) mass is 433 g/mol. The molecule has 0 saturated carbocycles. The molecule has 0 spiro atoms. The van der Waals surface area contributed by atoms with Crippen LogP contribution in [0, 0.1) is 5.82 Å². The molecule has 2 aromatic rings. The van der Waals surface area contributed by atoms with Gasteiger partial charge >= 0.3 is 0 Å². The van der Waals surface area contributed by atoms with Crippen molar-refractivity contribution >= 4 is 45.0 Å². The van der Waals surface area contributed by atoms with E-state index in [1.165, 1.54) is 23.9 Å². The number of carbonyl (C=O) groups is 1. The first-order valence-corrected chi connectivity index (χ1v) is 9.83. The number of halogens is 2. The highest BCUT2D eigenvalue weighted by atomic mass is 79.9. The van der Waals surface area contributed by atoms with Crippen LogP contribution in [-0.2, 0) is 11.3 Å². The zero-order chi connectivity index (χ0) is 18.5. The van der Waals surface area contributed by atoms with Crippen LogP contribution in [0.4, 0.5) is 4.39 Å². The van der Waals surface area contributed by atoms with Gasteiger partial charge in [0, 0.05) is 4.47 Å². The first-order valence-electron chi connectivity index (χ1n) is 8.16. The number of carbonyl (C=O) groups excluding carboxylic acids is 1. The van der Waals surface area contributed by atoms with Crippen molar-refractivity contribution in [3.05, 3.63) is 69.9 Å². The summed E-state index contributed by atoms with van der Waals surface area (Å²) < 4.78 is 14.1. The minimum absolute atomic E-state index is 0.0133. The zero-order valence-corrected chi connectivity index (χ0v) is 16.5. The summed E-state index contributed by atoms with van der Waals surface area (Å²) in [6.07, 6.45) is 2.37. The highest BCUT2D eigenvalue weighted by Gasteiger charge is 2.36. The van der Waals surface area contributed by atoms with E-state index in [0.717, 1.165) is 22.0 Å². The second-order valence-corrected chi connectivity index (χ2v) is 7.83. The molecule has 3 rings (SSSR count). The number of hydrogen-bond donors (Lipinski definition) is 0. The normalized spacial score (nSPS) is 19.0. The van der Waals surface area contributed by atoms with E-state index < -0.39 is 0 Å². The van der Waals surface area contributed by atoms with Gasteiger partial charge in [0.05, 0.1) is 18.0 Å². The van der Waals surface area contributed by atoms with E-state index in [0.29, 0.717) is 11.7 Å². The van der Waals surface area contributed by atoms with Gasteiger partial charge < -0.3 is 0 Å². The largest absolute Gasteiger partial charge is 0.284 e. The molecule has 1 atom stereocenters. The summed E-state index contributed by atoms with van der Waals surface area (Å²) in [6.45, 7) is 2.33. The van der Waals surface area contributed by atoms with Gasteiger partial charge in [0.2, 0.25) is 5.91 Å². The topological polar surface area (TPSA) is 45.0 Å². The molecule has 0 bridgehead atoms. The molecule has 1 heterocycles. The van der Waals surface area contributed by atoms with Crippen LogP contribution >= 0.6 is 27.7 Å². The number of benzene rings is 2. The molecular weight excluding hydrogens is 417 g/mol. The van der Waals surface area contributed by atoms with Gasteiger partial charge in [-0.15, -0.1) is 5.10 Å². The number of nitrogens with zero attached hydrogens (tertiary/aromatic N) is 3. The number of rotatable bonds is 5. The van der Waals surface area contributed by atoms with E-state index in [1.807, 2.05) is 31.2 Å². The first-order chi connectivity index (χ1) is 12.6. The summed E-state index contributed by atoms with van der Waals surface area (Å²) in [6, 6.07) is 13.8. The van der Waals surface area contributed by atoms with Crippen molar-refractivity contribution in [2.24, 2.45) is 10.2 Å². The van der Waals surface area contributed by atoms with Gasteiger partial charge in [-0.3, -0.25) is 9.69 Å². The Morgan fingerprint density at radius 1 is 1.19 bits per heavy atom. The van der Waals surface area contributed by atoms with Crippen LogP contribution in [0.1, 0.15) is 24.5 Å². The number of thioether (sulfide) groups is 1. The predicted molar refractivity (Wildman–Crippen MR) is 108 cm³/mol. The lowest BCUT2D eigenvalue weighted by Crippen LogP contribution is -2.31. The molecule has 4 nitrogen and oxygen atoms in total. The van der Waals surface area contributed by atoms with Crippen LogP contribution in [-0.4, -0.2) is 27.4 Å². The zero-order valence-electron chi connectivity index (χ0n) is 14.1. The molecule has 1 amide bonds. The molecule has 1 saturated heterocycles. The molecule has 0 N–H and O–H groups in total. The summed E-state index contributed by atoms with van der Waals surface area (Å²) in [5.74, 6) is -0.283. The quantitative estimate of drug-likeness (QED) is 0.500. The average molecular weight is 434 g/mol. The van der Waals surface area contributed by atoms with E-state index in [4.69, 9.17) is 0 Å². The summed E-state index contributed by atoms with van der Waals surface area (Å²) >= 11 is 4.81. The van der Waals surface area contributed by atoms with Crippen LogP contribution in [0.5, 0.6) is 0 Å². The van der Waals surface area contributed by atoms with Crippen LogP contribution in [0.2, 0.25) is 0 Å². The second kappa shape index (κ2) is 8.60. The molecule has 26 heavy (non-hydrogen) atoms. The Morgan fingerprint density at radius 2 is 1.88 bits per heavy atom. The molecule has 7 heteroatoms. The molecule has 0 aromatic heterocycles. The maximum Gasteiger partial charge on any atom is 0.242 e.